The van der Waals surface area contributed by atoms with Gasteiger partial charge >= 0.3 is 0 Å². The fraction of sp³-hybridized carbons (Fsp3) is 0.231. The van der Waals surface area contributed by atoms with E-state index in [1.807, 2.05) is 51.1 Å². The van der Waals surface area contributed by atoms with Gasteiger partial charge in [0.1, 0.15) is 0 Å². The van der Waals surface area contributed by atoms with Gasteiger partial charge in [-0.05, 0) is 82.5 Å². The quantitative estimate of drug-likeness (QED) is 0.292. The van der Waals surface area contributed by atoms with Gasteiger partial charge in [0.2, 0.25) is 0 Å². The molecule has 0 saturated carbocycles. The maximum absolute atomic E-state index is 14.3. The maximum atomic E-state index is 14.3. The van der Waals surface area contributed by atoms with Crippen LogP contribution in [0.25, 0.3) is 5.57 Å². The molecule has 0 spiro atoms. The molecule has 3 nitrogen and oxygen atoms in total. The maximum Gasteiger partial charge on any atom is 0.166 e. The number of Topliss-reactive ketones (excluding diaryl/α,β-unsaturated/α-hetero) is 1. The second-order valence-corrected chi connectivity index (χ2v) is 7.40. The molecule has 2 rings (SSSR count). The van der Waals surface area contributed by atoms with Gasteiger partial charge in [-0.25, -0.2) is 8.78 Å². The molecule has 0 amide bonds. The van der Waals surface area contributed by atoms with Crippen molar-refractivity contribution in [2.24, 2.45) is 4.99 Å². The number of carbonyl (C=O) groups is 1. The number of ketones is 1. The molecule has 1 N–H and O–H groups in total. The van der Waals surface area contributed by atoms with Crippen molar-refractivity contribution in [2.45, 2.75) is 41.5 Å². The number of benzene rings is 2. The third-order valence-corrected chi connectivity index (χ3v) is 4.88. The Kier molecular flexibility index (Phi) is 8.20. The van der Waals surface area contributed by atoms with Crippen LogP contribution in [0.1, 0.15) is 54.7 Å². The van der Waals surface area contributed by atoms with E-state index in [0.29, 0.717) is 16.8 Å². The average molecular weight is 423 g/mol. The number of aryl methyl sites for hydroxylation is 2. The van der Waals surface area contributed by atoms with Crippen molar-refractivity contribution in [3.05, 3.63) is 94.3 Å². The zero-order valence-corrected chi connectivity index (χ0v) is 18.8. The van der Waals surface area contributed by atoms with Crippen LogP contribution in [-0.4, -0.2) is 11.5 Å². The van der Waals surface area contributed by atoms with Crippen LogP contribution in [0.3, 0.4) is 0 Å². The Morgan fingerprint density at radius 3 is 2.26 bits per heavy atom. The standard InChI is InChI=1S/C26H28F2N2O/c1-7-8-9-24(30-21-11-13-22(20(6)31)17(3)14-21)19(5)29-15-18(4)23-12-10-16(2)25(27)26(23)28/h7-15,30H,1-6H3/b8-7-,18-15+,24-9+,29-19+. The zero-order chi connectivity index (χ0) is 23.1. The summed E-state index contributed by atoms with van der Waals surface area (Å²) >= 11 is 0. The van der Waals surface area contributed by atoms with Gasteiger partial charge in [-0.15, -0.1) is 0 Å². The number of allylic oxidation sites excluding steroid dienone is 5. The van der Waals surface area contributed by atoms with E-state index in [-0.39, 0.29) is 16.9 Å². The Hall–Kier alpha value is -3.34. The Morgan fingerprint density at radius 2 is 1.65 bits per heavy atom. The van der Waals surface area contributed by atoms with Crippen LogP contribution in [0.4, 0.5) is 14.5 Å². The predicted molar refractivity (Wildman–Crippen MR) is 126 cm³/mol. The van der Waals surface area contributed by atoms with E-state index in [9.17, 15) is 13.6 Å². The third kappa shape index (κ3) is 6.07. The SMILES string of the molecule is C\C=C/C=C(Nc1ccc(C(C)=O)c(C)c1)\C(C)=N\C=C(/C)c1ccc(C)c(F)c1F. The van der Waals surface area contributed by atoms with Gasteiger partial charge < -0.3 is 5.32 Å². The minimum atomic E-state index is -0.870. The first-order chi connectivity index (χ1) is 14.6. The summed E-state index contributed by atoms with van der Waals surface area (Å²) in [6.07, 6.45) is 7.18. The first-order valence-corrected chi connectivity index (χ1v) is 10.0. The molecule has 5 heteroatoms. The van der Waals surface area contributed by atoms with Crippen molar-refractivity contribution < 1.29 is 13.6 Å². The molecule has 0 aliphatic carbocycles. The van der Waals surface area contributed by atoms with Gasteiger partial charge in [0.25, 0.3) is 0 Å². The highest BCUT2D eigenvalue weighted by Crippen LogP contribution is 2.23. The van der Waals surface area contributed by atoms with E-state index in [0.717, 1.165) is 16.9 Å². The fourth-order valence-electron chi connectivity index (χ4n) is 3.02. The third-order valence-electron chi connectivity index (χ3n) is 4.88. The lowest BCUT2D eigenvalue weighted by Gasteiger charge is -2.12. The number of hydrogen-bond acceptors (Lipinski definition) is 3. The number of halogens is 2. The molecule has 0 fully saturated rings. The second-order valence-electron chi connectivity index (χ2n) is 7.40. The lowest BCUT2D eigenvalue weighted by atomic mass is 10.0. The van der Waals surface area contributed by atoms with Crippen LogP contribution >= 0.6 is 0 Å². The summed E-state index contributed by atoms with van der Waals surface area (Å²) in [6.45, 7) is 10.4. The number of rotatable bonds is 7. The molecule has 0 unspecified atom stereocenters. The van der Waals surface area contributed by atoms with Crippen molar-refractivity contribution in [1.29, 1.82) is 0 Å². The lowest BCUT2D eigenvalue weighted by molar-refractivity contribution is 0.101. The molecular weight excluding hydrogens is 394 g/mol. The van der Waals surface area contributed by atoms with E-state index in [4.69, 9.17) is 0 Å². The largest absolute Gasteiger partial charge is 0.354 e. The molecule has 0 aliphatic heterocycles. The van der Waals surface area contributed by atoms with Crippen molar-refractivity contribution >= 4 is 22.8 Å². The smallest absolute Gasteiger partial charge is 0.166 e. The van der Waals surface area contributed by atoms with Crippen LogP contribution in [0.2, 0.25) is 0 Å². The highest BCUT2D eigenvalue weighted by molar-refractivity contribution is 6.02. The predicted octanol–water partition coefficient (Wildman–Crippen LogP) is 7.18. The van der Waals surface area contributed by atoms with E-state index in [2.05, 4.69) is 10.3 Å². The lowest BCUT2D eigenvalue weighted by Crippen LogP contribution is -2.09. The topological polar surface area (TPSA) is 41.5 Å². The highest BCUT2D eigenvalue weighted by atomic mass is 19.2. The number of carbonyl (C=O) groups excluding carboxylic acids is 1. The van der Waals surface area contributed by atoms with Crippen molar-refractivity contribution in [3.8, 4) is 0 Å². The van der Waals surface area contributed by atoms with Crippen LogP contribution in [0.15, 0.2) is 65.4 Å². The fourth-order valence-corrected chi connectivity index (χ4v) is 3.02. The Balaban J connectivity index is 2.35. The molecule has 0 heterocycles. The van der Waals surface area contributed by atoms with Crippen LogP contribution in [0, 0.1) is 25.5 Å². The zero-order valence-electron chi connectivity index (χ0n) is 18.8. The summed E-state index contributed by atoms with van der Waals surface area (Å²) in [5.41, 5.74) is 4.75. The van der Waals surface area contributed by atoms with Gasteiger partial charge in [0.05, 0.1) is 11.4 Å². The first-order valence-electron chi connectivity index (χ1n) is 10.0. The van der Waals surface area contributed by atoms with E-state index in [1.165, 1.54) is 13.1 Å². The molecule has 0 aromatic heterocycles. The number of aliphatic imine (C=N–C) groups is 1. The molecule has 2 aromatic carbocycles. The first kappa shape index (κ1) is 23.9. The normalized spacial score (nSPS) is 13.1. The monoisotopic (exact) mass is 422 g/mol. The molecule has 162 valence electrons. The van der Waals surface area contributed by atoms with Crippen molar-refractivity contribution in [1.82, 2.24) is 0 Å². The van der Waals surface area contributed by atoms with E-state index < -0.39 is 11.6 Å². The van der Waals surface area contributed by atoms with Gasteiger partial charge in [-0.1, -0.05) is 24.3 Å². The molecule has 0 radical (unpaired) electrons. The number of nitrogens with one attached hydrogen (secondary N) is 1. The Bertz CT molecular complexity index is 1110. The Labute approximate surface area is 182 Å². The van der Waals surface area contributed by atoms with Gasteiger partial charge in [0.15, 0.2) is 17.4 Å². The molecular formula is C26H28F2N2O. The molecule has 0 atom stereocenters. The number of nitrogens with zero attached hydrogens (tertiary/aromatic N) is 1. The molecule has 0 aliphatic rings. The van der Waals surface area contributed by atoms with Crippen molar-refractivity contribution in [2.75, 3.05) is 5.32 Å². The summed E-state index contributed by atoms with van der Waals surface area (Å²) in [5, 5.41) is 3.32. The van der Waals surface area contributed by atoms with E-state index >= 15 is 0 Å². The summed E-state index contributed by atoms with van der Waals surface area (Å²) in [6, 6.07) is 8.63. The molecule has 2 aromatic rings. The van der Waals surface area contributed by atoms with Crippen LogP contribution in [-0.2, 0) is 0 Å². The van der Waals surface area contributed by atoms with Crippen LogP contribution in [0.5, 0.6) is 0 Å². The summed E-state index contributed by atoms with van der Waals surface area (Å²) in [4.78, 5) is 16.1. The second kappa shape index (κ2) is 10.6. The van der Waals surface area contributed by atoms with Gasteiger partial charge in [-0.3, -0.25) is 9.79 Å². The van der Waals surface area contributed by atoms with E-state index in [1.54, 1.807) is 32.0 Å². The Morgan fingerprint density at radius 1 is 0.968 bits per heavy atom. The van der Waals surface area contributed by atoms with Gasteiger partial charge in [0, 0.05) is 23.0 Å². The van der Waals surface area contributed by atoms with Crippen molar-refractivity contribution in [3.63, 3.8) is 0 Å². The minimum Gasteiger partial charge on any atom is -0.354 e. The van der Waals surface area contributed by atoms with Gasteiger partial charge in [-0.2, -0.15) is 0 Å². The molecule has 0 saturated heterocycles. The molecule has 31 heavy (non-hydrogen) atoms. The molecule has 0 bridgehead atoms. The summed E-state index contributed by atoms with van der Waals surface area (Å²) < 4.78 is 28.1. The summed E-state index contributed by atoms with van der Waals surface area (Å²) in [7, 11) is 0. The summed E-state index contributed by atoms with van der Waals surface area (Å²) in [5.74, 6) is -1.69. The average Bonchev–Trinajstić information content (AvgIpc) is 2.72. The number of hydrogen-bond donors (Lipinski definition) is 1. The van der Waals surface area contributed by atoms with Crippen LogP contribution < -0.4 is 5.32 Å². The highest BCUT2D eigenvalue weighted by Gasteiger charge is 2.12. The minimum absolute atomic E-state index is 0.0202. The number of anilines is 1.